The number of rotatable bonds is 6. The average molecular weight is 517 g/mol. The van der Waals surface area contributed by atoms with Gasteiger partial charge in [-0.05, 0) is 44.0 Å². The first-order valence-electron chi connectivity index (χ1n) is 12.0. The van der Waals surface area contributed by atoms with E-state index in [1.807, 2.05) is 0 Å². The molecule has 3 aromatic heterocycles. The van der Waals surface area contributed by atoms with Crippen LogP contribution in [0.2, 0.25) is 0 Å². The fourth-order valence-electron chi connectivity index (χ4n) is 4.44. The van der Waals surface area contributed by atoms with Crippen LogP contribution in [-0.2, 0) is 16.0 Å². The highest BCUT2D eigenvalue weighted by Gasteiger charge is 2.24. The molecule has 1 aliphatic rings. The van der Waals surface area contributed by atoms with Gasteiger partial charge in [0.1, 0.15) is 16.9 Å². The zero-order valence-electron chi connectivity index (χ0n) is 20.4. The molecule has 0 spiro atoms. The van der Waals surface area contributed by atoms with Crippen molar-refractivity contribution < 1.29 is 24.0 Å². The Morgan fingerprint density at radius 1 is 1.24 bits per heavy atom. The Labute approximate surface area is 214 Å². The van der Waals surface area contributed by atoms with Gasteiger partial charge in [0.05, 0.1) is 29.6 Å². The number of nitro groups is 1. The predicted octanol–water partition coefficient (Wildman–Crippen LogP) is 2.65. The van der Waals surface area contributed by atoms with E-state index in [9.17, 15) is 24.5 Å². The Hall–Kier alpha value is -4.71. The van der Waals surface area contributed by atoms with Crippen LogP contribution in [0.4, 0.5) is 5.69 Å². The van der Waals surface area contributed by atoms with Crippen molar-refractivity contribution >= 4 is 34.2 Å². The van der Waals surface area contributed by atoms with Crippen molar-refractivity contribution in [2.24, 2.45) is 4.99 Å². The summed E-state index contributed by atoms with van der Waals surface area (Å²) in [6, 6.07) is 11.6. The molecule has 4 aromatic rings. The van der Waals surface area contributed by atoms with Crippen molar-refractivity contribution in [3.05, 3.63) is 91.8 Å². The summed E-state index contributed by atoms with van der Waals surface area (Å²) in [5.74, 6) is -1.59. The average Bonchev–Trinajstić information content (AvgIpc) is 3.43. The van der Waals surface area contributed by atoms with Gasteiger partial charge in [-0.15, -0.1) is 0 Å². The topological polar surface area (TPSA) is 147 Å². The summed E-state index contributed by atoms with van der Waals surface area (Å²) in [7, 11) is 0. The zero-order valence-corrected chi connectivity index (χ0v) is 20.4. The summed E-state index contributed by atoms with van der Waals surface area (Å²) < 4.78 is 13.9. The van der Waals surface area contributed by atoms with E-state index >= 15 is 0 Å². The lowest BCUT2D eigenvalue weighted by molar-refractivity contribution is -0.384. The number of nitrogens with zero attached hydrogens (tertiary/aromatic N) is 5. The van der Waals surface area contributed by atoms with Gasteiger partial charge >= 0.3 is 5.97 Å². The third-order valence-electron chi connectivity index (χ3n) is 6.21. The number of non-ortho nitro benzene ring substituents is 1. The summed E-state index contributed by atoms with van der Waals surface area (Å²) in [6.07, 6.45) is 2.86. The van der Waals surface area contributed by atoms with E-state index in [1.165, 1.54) is 33.2 Å². The minimum atomic E-state index is -0.808. The van der Waals surface area contributed by atoms with Crippen molar-refractivity contribution in [1.29, 1.82) is 0 Å². The number of carbonyl (C=O) groups excluding carboxylic acids is 2. The molecule has 0 aliphatic carbocycles. The number of carbonyl (C=O) groups is 2. The molecule has 1 saturated heterocycles. The van der Waals surface area contributed by atoms with E-state index in [2.05, 4.69) is 9.98 Å². The first-order chi connectivity index (χ1) is 18.4. The Balaban J connectivity index is 1.84. The number of ether oxygens (including phenoxy) is 2. The van der Waals surface area contributed by atoms with Crippen molar-refractivity contribution in [3.8, 4) is 0 Å². The monoisotopic (exact) mass is 517 g/mol. The van der Waals surface area contributed by atoms with E-state index in [0.29, 0.717) is 12.3 Å². The first-order valence-corrected chi connectivity index (χ1v) is 12.0. The number of nitro benzene ring substituents is 1. The van der Waals surface area contributed by atoms with Gasteiger partial charge in [0.15, 0.2) is 5.49 Å². The lowest BCUT2D eigenvalue weighted by Gasteiger charge is -2.18. The van der Waals surface area contributed by atoms with Gasteiger partial charge in [0, 0.05) is 30.5 Å². The van der Waals surface area contributed by atoms with Crippen LogP contribution in [0.3, 0.4) is 0 Å². The predicted molar refractivity (Wildman–Crippen MR) is 135 cm³/mol. The maximum absolute atomic E-state index is 13.4. The Morgan fingerprint density at radius 3 is 2.82 bits per heavy atom. The molecule has 12 heteroatoms. The van der Waals surface area contributed by atoms with Crippen LogP contribution in [0, 0.1) is 10.1 Å². The highest BCUT2D eigenvalue weighted by Crippen LogP contribution is 2.18. The van der Waals surface area contributed by atoms with E-state index in [4.69, 9.17) is 9.47 Å². The largest absolute Gasteiger partial charge is 0.462 e. The molecule has 5 rings (SSSR count). The second kappa shape index (κ2) is 10.3. The molecule has 38 heavy (non-hydrogen) atoms. The minimum absolute atomic E-state index is 0.0377. The summed E-state index contributed by atoms with van der Waals surface area (Å²) in [4.78, 5) is 59.3. The number of amides is 1. The number of hydrogen-bond acceptors (Lipinski definition) is 8. The van der Waals surface area contributed by atoms with Gasteiger partial charge in [-0.1, -0.05) is 12.1 Å². The summed E-state index contributed by atoms with van der Waals surface area (Å²) in [5, 5.41) is 11.4. The molecule has 0 saturated carbocycles. The van der Waals surface area contributed by atoms with Crippen LogP contribution in [-0.4, -0.2) is 50.1 Å². The summed E-state index contributed by atoms with van der Waals surface area (Å²) in [6.45, 7) is 2.41. The molecule has 1 aliphatic heterocycles. The lowest BCUT2D eigenvalue weighted by Crippen LogP contribution is -2.35. The molecule has 0 radical (unpaired) electrons. The maximum atomic E-state index is 13.4. The normalized spacial score (nSPS) is 15.7. The van der Waals surface area contributed by atoms with Gasteiger partial charge in [-0.2, -0.15) is 4.99 Å². The number of pyridine rings is 2. The second-order valence-corrected chi connectivity index (χ2v) is 8.66. The number of esters is 1. The van der Waals surface area contributed by atoms with Crippen molar-refractivity contribution in [2.75, 3.05) is 13.2 Å². The molecular weight excluding hydrogens is 494 g/mol. The molecule has 12 nitrogen and oxygen atoms in total. The molecule has 1 amide bonds. The molecular formula is C26H23N5O7. The van der Waals surface area contributed by atoms with E-state index in [1.54, 1.807) is 31.3 Å². The number of benzene rings is 1. The number of fused-ring (bicyclic) bond motifs is 2. The molecule has 0 bridgehead atoms. The first kappa shape index (κ1) is 25.0. The van der Waals surface area contributed by atoms with E-state index in [0.717, 1.165) is 18.9 Å². The molecule has 0 N–H and O–H groups in total. The third-order valence-corrected chi connectivity index (χ3v) is 6.21. The van der Waals surface area contributed by atoms with Crippen LogP contribution in [0.25, 0.3) is 16.7 Å². The Morgan fingerprint density at radius 2 is 2.08 bits per heavy atom. The maximum Gasteiger partial charge on any atom is 0.341 e. The van der Waals surface area contributed by atoms with E-state index < -0.39 is 22.4 Å². The molecule has 1 fully saturated rings. The van der Waals surface area contributed by atoms with Gasteiger partial charge in [-0.3, -0.25) is 24.1 Å². The van der Waals surface area contributed by atoms with Crippen molar-refractivity contribution in [1.82, 2.24) is 14.0 Å². The van der Waals surface area contributed by atoms with Crippen molar-refractivity contribution in [2.45, 2.75) is 32.4 Å². The molecule has 4 heterocycles. The van der Waals surface area contributed by atoms with Crippen LogP contribution in [0.15, 0.2) is 64.5 Å². The van der Waals surface area contributed by atoms with Gasteiger partial charge in [-0.25, -0.2) is 9.78 Å². The van der Waals surface area contributed by atoms with Gasteiger partial charge in [0.25, 0.3) is 17.2 Å². The number of hydrogen-bond donors (Lipinski definition) is 0. The Bertz CT molecular complexity index is 1720. The van der Waals surface area contributed by atoms with Gasteiger partial charge < -0.3 is 14.0 Å². The third kappa shape index (κ3) is 4.68. The standard InChI is InChI=1S/C26H23N5O7/c1-2-37-26(34)20-14-19-22(27-21-10-3-4-11-29(21)25(19)33)30(15-18-9-6-12-38-18)23(20)28-24(32)16-7-5-8-17(13-16)31(35)36/h3-5,7-8,10-11,13-14,18H,2,6,9,12,15H2,1H3/t18-/m1/s1. The fourth-order valence-corrected chi connectivity index (χ4v) is 4.44. The van der Waals surface area contributed by atoms with E-state index in [-0.39, 0.29) is 52.6 Å². The summed E-state index contributed by atoms with van der Waals surface area (Å²) >= 11 is 0. The molecule has 1 atom stereocenters. The van der Waals surface area contributed by atoms with Crippen LogP contribution in [0.1, 0.15) is 40.5 Å². The van der Waals surface area contributed by atoms with Gasteiger partial charge in [0.2, 0.25) is 0 Å². The van der Waals surface area contributed by atoms with Crippen LogP contribution >= 0.6 is 0 Å². The highest BCUT2D eigenvalue weighted by atomic mass is 16.6. The molecule has 1 aromatic carbocycles. The SMILES string of the molecule is CCOC(=O)c1cc2c(=O)n3ccccc3nc2n(C[C@H]2CCCO2)c1=NC(=O)c1cccc([N+](=O)[O-])c1. The smallest absolute Gasteiger partial charge is 0.341 e. The number of aromatic nitrogens is 3. The molecule has 194 valence electrons. The lowest BCUT2D eigenvalue weighted by atomic mass is 10.1. The minimum Gasteiger partial charge on any atom is -0.462 e. The zero-order chi connectivity index (χ0) is 26.8. The quantitative estimate of drug-likeness (QED) is 0.164. The van der Waals surface area contributed by atoms with Crippen LogP contribution in [0.5, 0.6) is 0 Å². The second-order valence-electron chi connectivity index (χ2n) is 8.66. The summed E-state index contributed by atoms with van der Waals surface area (Å²) in [5.41, 5.74) is -0.316. The molecule has 0 unspecified atom stereocenters. The van der Waals surface area contributed by atoms with Crippen LogP contribution < -0.4 is 11.0 Å². The Kier molecular flexibility index (Phi) is 6.79. The highest BCUT2D eigenvalue weighted by molar-refractivity contribution is 5.97. The van der Waals surface area contributed by atoms with Crippen molar-refractivity contribution in [3.63, 3.8) is 0 Å². The fraction of sp³-hybridized carbons (Fsp3) is 0.269.